The Labute approximate surface area is 103 Å². The molecule has 1 amide bonds. The van der Waals surface area contributed by atoms with Gasteiger partial charge in [0.25, 0.3) is 0 Å². The van der Waals surface area contributed by atoms with Crippen LogP contribution in [0.15, 0.2) is 0 Å². The van der Waals surface area contributed by atoms with E-state index >= 15 is 0 Å². The van der Waals surface area contributed by atoms with E-state index in [1.54, 1.807) is 11.8 Å². The maximum absolute atomic E-state index is 12.1. The van der Waals surface area contributed by atoms with Crippen LogP contribution in [0.3, 0.4) is 0 Å². The summed E-state index contributed by atoms with van der Waals surface area (Å²) >= 11 is 0. The van der Waals surface area contributed by atoms with Crippen molar-refractivity contribution in [2.45, 2.75) is 38.8 Å². The van der Waals surface area contributed by atoms with Crippen LogP contribution in [0.2, 0.25) is 0 Å². The number of nitrogens with zero attached hydrogens (tertiary/aromatic N) is 1. The lowest BCUT2D eigenvalue weighted by Crippen LogP contribution is -2.54. The zero-order chi connectivity index (χ0) is 13.1. The SMILES string of the molecule is CCNC1CCCN(C(C)CS(C)(=O)=O)C1=O. The Morgan fingerprint density at radius 1 is 1.53 bits per heavy atom. The molecule has 0 saturated carbocycles. The van der Waals surface area contributed by atoms with Gasteiger partial charge >= 0.3 is 0 Å². The molecule has 1 fully saturated rings. The molecule has 100 valence electrons. The van der Waals surface area contributed by atoms with E-state index in [4.69, 9.17) is 0 Å². The van der Waals surface area contributed by atoms with Crippen LogP contribution in [0, 0.1) is 0 Å². The number of rotatable bonds is 5. The first-order chi connectivity index (χ1) is 7.85. The minimum Gasteiger partial charge on any atom is -0.338 e. The van der Waals surface area contributed by atoms with Gasteiger partial charge in [0, 0.05) is 18.8 Å². The predicted molar refractivity (Wildman–Crippen MR) is 67.6 cm³/mol. The van der Waals surface area contributed by atoms with Crippen molar-refractivity contribution in [1.82, 2.24) is 10.2 Å². The van der Waals surface area contributed by atoms with Crippen LogP contribution in [-0.4, -0.2) is 56.4 Å². The molecule has 6 heteroatoms. The van der Waals surface area contributed by atoms with Gasteiger partial charge in [0.2, 0.25) is 5.91 Å². The summed E-state index contributed by atoms with van der Waals surface area (Å²) in [6, 6.07) is -0.380. The molecule has 1 saturated heterocycles. The Hall–Kier alpha value is -0.620. The van der Waals surface area contributed by atoms with Crippen LogP contribution >= 0.6 is 0 Å². The third-order valence-electron chi connectivity index (χ3n) is 3.00. The zero-order valence-corrected chi connectivity index (χ0v) is 11.6. The molecule has 1 aliphatic heterocycles. The molecule has 5 nitrogen and oxygen atoms in total. The van der Waals surface area contributed by atoms with Gasteiger partial charge in [-0.2, -0.15) is 0 Å². The van der Waals surface area contributed by atoms with Crippen molar-refractivity contribution < 1.29 is 13.2 Å². The molecule has 0 aromatic heterocycles. The highest BCUT2D eigenvalue weighted by Gasteiger charge is 2.31. The van der Waals surface area contributed by atoms with Crippen molar-refractivity contribution in [2.24, 2.45) is 0 Å². The lowest BCUT2D eigenvalue weighted by Gasteiger charge is -2.36. The zero-order valence-electron chi connectivity index (χ0n) is 10.8. The van der Waals surface area contributed by atoms with Gasteiger partial charge in [-0.15, -0.1) is 0 Å². The second-order valence-corrected chi connectivity index (χ2v) is 6.91. The third-order valence-corrected chi connectivity index (χ3v) is 4.09. The molecule has 0 bridgehead atoms. The van der Waals surface area contributed by atoms with Gasteiger partial charge in [-0.1, -0.05) is 6.92 Å². The molecule has 2 unspecified atom stereocenters. The number of amides is 1. The molecule has 0 radical (unpaired) electrons. The molecule has 0 aromatic carbocycles. The average Bonchev–Trinajstić information content (AvgIpc) is 2.18. The van der Waals surface area contributed by atoms with Gasteiger partial charge in [-0.25, -0.2) is 8.42 Å². The van der Waals surface area contributed by atoms with Gasteiger partial charge in [-0.05, 0) is 26.3 Å². The summed E-state index contributed by atoms with van der Waals surface area (Å²) in [7, 11) is -3.04. The molecule has 1 aliphatic rings. The summed E-state index contributed by atoms with van der Waals surface area (Å²) in [4.78, 5) is 13.8. The van der Waals surface area contributed by atoms with Gasteiger partial charge in [0.05, 0.1) is 11.8 Å². The molecule has 17 heavy (non-hydrogen) atoms. The number of likely N-dealkylation sites (tertiary alicyclic amines) is 1. The van der Waals surface area contributed by atoms with E-state index in [2.05, 4.69) is 5.32 Å². The summed E-state index contributed by atoms with van der Waals surface area (Å²) < 4.78 is 22.5. The number of likely N-dealkylation sites (N-methyl/N-ethyl adjacent to an activating group) is 1. The average molecular weight is 262 g/mol. The summed E-state index contributed by atoms with van der Waals surface area (Å²) in [5.41, 5.74) is 0. The Morgan fingerprint density at radius 2 is 2.18 bits per heavy atom. The summed E-state index contributed by atoms with van der Waals surface area (Å²) in [5, 5.41) is 3.14. The lowest BCUT2D eigenvalue weighted by atomic mass is 10.0. The fourth-order valence-corrected chi connectivity index (χ4v) is 3.36. The Bertz CT molecular complexity index is 365. The molecule has 2 atom stereocenters. The maximum Gasteiger partial charge on any atom is 0.239 e. The third kappa shape index (κ3) is 4.27. The van der Waals surface area contributed by atoms with Crippen molar-refractivity contribution >= 4 is 15.7 Å². The van der Waals surface area contributed by atoms with Crippen LogP contribution in [0.1, 0.15) is 26.7 Å². The van der Waals surface area contributed by atoms with Crippen LogP contribution in [0.25, 0.3) is 0 Å². The molecular weight excluding hydrogens is 240 g/mol. The first-order valence-corrected chi connectivity index (χ1v) is 8.12. The van der Waals surface area contributed by atoms with Crippen LogP contribution < -0.4 is 5.32 Å². The molecule has 1 rings (SSSR count). The van der Waals surface area contributed by atoms with E-state index in [0.29, 0.717) is 6.54 Å². The van der Waals surface area contributed by atoms with Crippen LogP contribution in [-0.2, 0) is 14.6 Å². The number of hydrogen-bond donors (Lipinski definition) is 1. The van der Waals surface area contributed by atoms with Crippen molar-refractivity contribution in [1.29, 1.82) is 0 Å². The maximum atomic E-state index is 12.1. The highest BCUT2D eigenvalue weighted by Crippen LogP contribution is 2.15. The van der Waals surface area contributed by atoms with Gasteiger partial charge in [0.15, 0.2) is 0 Å². The molecular formula is C11H22N2O3S. The quantitative estimate of drug-likeness (QED) is 0.758. The smallest absolute Gasteiger partial charge is 0.239 e. The summed E-state index contributed by atoms with van der Waals surface area (Å²) in [6.45, 7) is 5.18. The largest absolute Gasteiger partial charge is 0.338 e. The van der Waals surface area contributed by atoms with Gasteiger partial charge < -0.3 is 10.2 Å². The second kappa shape index (κ2) is 5.82. The highest BCUT2D eigenvalue weighted by molar-refractivity contribution is 7.90. The Kier molecular flexibility index (Phi) is 4.94. The topological polar surface area (TPSA) is 66.5 Å². The molecule has 0 aromatic rings. The number of hydrogen-bond acceptors (Lipinski definition) is 4. The van der Waals surface area contributed by atoms with Crippen molar-refractivity contribution in [3.05, 3.63) is 0 Å². The van der Waals surface area contributed by atoms with E-state index in [9.17, 15) is 13.2 Å². The number of sulfone groups is 1. The normalized spacial score (nSPS) is 23.8. The van der Waals surface area contributed by atoms with Crippen molar-refractivity contribution in [3.63, 3.8) is 0 Å². The molecule has 1 N–H and O–H groups in total. The van der Waals surface area contributed by atoms with E-state index in [1.165, 1.54) is 6.26 Å². The van der Waals surface area contributed by atoms with Crippen LogP contribution in [0.4, 0.5) is 0 Å². The fraction of sp³-hybridized carbons (Fsp3) is 0.909. The predicted octanol–water partition coefficient (Wildman–Crippen LogP) is 0.0200. The number of piperidine rings is 1. The number of carbonyl (C=O) groups is 1. The second-order valence-electron chi connectivity index (χ2n) is 4.73. The monoisotopic (exact) mass is 262 g/mol. The lowest BCUT2D eigenvalue weighted by molar-refractivity contribution is -0.137. The molecule has 0 aliphatic carbocycles. The van der Waals surface area contributed by atoms with E-state index in [0.717, 1.165) is 19.4 Å². The molecule has 1 heterocycles. The summed E-state index contributed by atoms with van der Waals surface area (Å²) in [6.07, 6.45) is 2.98. The fourth-order valence-electron chi connectivity index (χ4n) is 2.30. The van der Waals surface area contributed by atoms with Crippen molar-refractivity contribution in [3.8, 4) is 0 Å². The number of carbonyl (C=O) groups excluding carboxylic acids is 1. The van der Waals surface area contributed by atoms with Crippen LogP contribution in [0.5, 0.6) is 0 Å². The van der Waals surface area contributed by atoms with E-state index in [1.807, 2.05) is 6.92 Å². The minimum atomic E-state index is -3.04. The first kappa shape index (κ1) is 14.4. The first-order valence-electron chi connectivity index (χ1n) is 6.06. The minimum absolute atomic E-state index is 0.0363. The van der Waals surface area contributed by atoms with E-state index in [-0.39, 0.29) is 23.7 Å². The van der Waals surface area contributed by atoms with Gasteiger partial charge in [0.1, 0.15) is 9.84 Å². The number of nitrogens with one attached hydrogen (secondary N) is 1. The van der Waals surface area contributed by atoms with E-state index < -0.39 is 9.84 Å². The highest BCUT2D eigenvalue weighted by atomic mass is 32.2. The van der Waals surface area contributed by atoms with Gasteiger partial charge in [-0.3, -0.25) is 4.79 Å². The van der Waals surface area contributed by atoms with Crippen molar-refractivity contribution in [2.75, 3.05) is 25.1 Å². The summed E-state index contributed by atoms with van der Waals surface area (Å²) in [5.74, 6) is 0.0756. The molecule has 0 spiro atoms. The standard InChI is InChI=1S/C11H22N2O3S/c1-4-12-10-6-5-7-13(11(10)14)9(2)8-17(3,15)16/h9-10,12H,4-8H2,1-3H3. The Balaban J connectivity index is 2.66. The Morgan fingerprint density at radius 3 is 2.71 bits per heavy atom.